The zero-order valence-electron chi connectivity index (χ0n) is 9.45. The first-order valence-corrected chi connectivity index (χ1v) is 5.27. The summed E-state index contributed by atoms with van der Waals surface area (Å²) in [4.78, 5) is 24.5. The summed E-state index contributed by atoms with van der Waals surface area (Å²) < 4.78 is 49.0. The van der Waals surface area contributed by atoms with E-state index in [0.717, 1.165) is 12.3 Å². The molecule has 0 aliphatic carbocycles. The van der Waals surface area contributed by atoms with Gasteiger partial charge in [-0.3, -0.25) is 14.9 Å². The Balaban J connectivity index is 2.95. The zero-order valence-corrected chi connectivity index (χ0v) is 10.2. The molecule has 0 spiro atoms. The summed E-state index contributed by atoms with van der Waals surface area (Å²) in [7, 11) is 0. The van der Waals surface area contributed by atoms with E-state index in [4.69, 9.17) is 11.6 Å². The van der Waals surface area contributed by atoms with E-state index < -0.39 is 46.1 Å². The smallest absolute Gasteiger partial charge is 0.324 e. The Hall–Kier alpha value is -1.97. The Bertz CT molecular complexity index is 541. The molecule has 0 fully saturated rings. The minimum absolute atomic E-state index is 0.622. The number of halogens is 5. The van der Waals surface area contributed by atoms with E-state index in [1.165, 1.54) is 5.32 Å². The second kappa shape index (κ2) is 5.99. The van der Waals surface area contributed by atoms with Crippen LogP contribution in [0.4, 0.5) is 23.2 Å². The lowest BCUT2D eigenvalue weighted by molar-refractivity contribution is -0.385. The van der Waals surface area contributed by atoms with Crippen molar-refractivity contribution in [2.24, 2.45) is 0 Å². The number of pyridine rings is 1. The van der Waals surface area contributed by atoms with Gasteiger partial charge in [0.25, 0.3) is 5.91 Å². The first-order chi connectivity index (χ1) is 9.16. The van der Waals surface area contributed by atoms with Crippen LogP contribution in [-0.2, 0) is 0 Å². The molecule has 1 rings (SSSR count). The predicted molar refractivity (Wildman–Crippen MR) is 59.2 cm³/mol. The third-order valence-electron chi connectivity index (χ3n) is 2.11. The minimum atomic E-state index is -4.44. The van der Waals surface area contributed by atoms with Crippen molar-refractivity contribution >= 4 is 23.2 Å². The van der Waals surface area contributed by atoms with Crippen molar-refractivity contribution in [2.45, 2.75) is 12.3 Å². The lowest BCUT2D eigenvalue weighted by Crippen LogP contribution is -2.41. The number of nitro groups is 1. The summed E-state index contributed by atoms with van der Waals surface area (Å²) in [6.45, 7) is -1.67. The number of alkyl halides is 4. The fourth-order valence-electron chi connectivity index (χ4n) is 1.16. The predicted octanol–water partition coefficient (Wildman–Crippen LogP) is 2.27. The van der Waals surface area contributed by atoms with Crippen LogP contribution in [0.15, 0.2) is 12.3 Å². The monoisotopic (exact) mass is 315 g/mol. The van der Waals surface area contributed by atoms with Crippen LogP contribution in [0.3, 0.4) is 0 Å². The van der Waals surface area contributed by atoms with Crippen molar-refractivity contribution in [1.29, 1.82) is 0 Å². The van der Waals surface area contributed by atoms with Crippen LogP contribution < -0.4 is 5.32 Å². The molecule has 20 heavy (non-hydrogen) atoms. The van der Waals surface area contributed by atoms with E-state index >= 15 is 0 Å². The van der Waals surface area contributed by atoms with Gasteiger partial charge in [0.1, 0.15) is 5.56 Å². The van der Waals surface area contributed by atoms with Crippen LogP contribution in [0, 0.1) is 10.1 Å². The van der Waals surface area contributed by atoms with Crippen molar-refractivity contribution in [3.63, 3.8) is 0 Å². The second-order valence-corrected chi connectivity index (χ2v) is 3.86. The summed E-state index contributed by atoms with van der Waals surface area (Å²) in [5.74, 6) is -5.78. The average Bonchev–Trinajstić information content (AvgIpc) is 2.35. The number of hydrogen-bond acceptors (Lipinski definition) is 4. The van der Waals surface area contributed by atoms with Crippen LogP contribution in [0.5, 0.6) is 0 Å². The molecule has 11 heteroatoms. The number of nitrogens with one attached hydrogen (secondary N) is 1. The number of rotatable bonds is 5. The molecule has 0 atom stereocenters. The molecule has 1 N–H and O–H groups in total. The number of hydrogen-bond donors (Lipinski definition) is 1. The highest BCUT2D eigenvalue weighted by Gasteiger charge is 2.41. The number of nitrogens with zero attached hydrogens (tertiary/aromatic N) is 2. The maximum atomic E-state index is 12.6. The number of aromatic nitrogens is 1. The second-order valence-electron chi connectivity index (χ2n) is 3.50. The molecular weight excluding hydrogens is 310 g/mol. The van der Waals surface area contributed by atoms with Crippen LogP contribution in [0.2, 0.25) is 5.15 Å². The Kier molecular flexibility index (Phi) is 4.82. The first kappa shape index (κ1) is 16.1. The normalized spacial score (nSPS) is 11.5. The molecule has 0 unspecified atom stereocenters. The fourth-order valence-corrected chi connectivity index (χ4v) is 1.38. The lowest BCUT2D eigenvalue weighted by Gasteiger charge is -2.15. The molecule has 0 aliphatic rings. The number of amides is 1. The fraction of sp³-hybridized carbons (Fsp3) is 0.333. The summed E-state index contributed by atoms with van der Waals surface area (Å²) in [6, 6.07) is 0.861. The van der Waals surface area contributed by atoms with Crippen molar-refractivity contribution in [2.75, 3.05) is 6.54 Å². The van der Waals surface area contributed by atoms with Crippen molar-refractivity contribution < 1.29 is 27.3 Å². The quantitative estimate of drug-likeness (QED) is 0.391. The molecule has 1 aromatic heterocycles. The molecule has 0 aliphatic heterocycles. The first-order valence-electron chi connectivity index (χ1n) is 4.90. The standard InChI is InChI=1S/C9H6ClF4N3O3/c10-6-5(17(19)20)4(1-2-15-6)7(18)16-3-9(13,14)8(11)12/h1-2,8H,3H2,(H,16,18). The zero-order chi connectivity index (χ0) is 15.5. The highest BCUT2D eigenvalue weighted by Crippen LogP contribution is 2.26. The SMILES string of the molecule is O=C(NCC(F)(F)C(F)F)c1ccnc(Cl)c1[N+](=O)[O-]. The van der Waals surface area contributed by atoms with Gasteiger partial charge in [-0.05, 0) is 6.07 Å². The van der Waals surface area contributed by atoms with Crippen molar-refractivity contribution in [1.82, 2.24) is 10.3 Å². The molecule has 6 nitrogen and oxygen atoms in total. The van der Waals surface area contributed by atoms with E-state index in [0.29, 0.717) is 0 Å². The van der Waals surface area contributed by atoms with Gasteiger partial charge in [-0.2, -0.15) is 8.78 Å². The summed E-state index contributed by atoms with van der Waals surface area (Å²) in [6.07, 6.45) is -3.03. The molecule has 110 valence electrons. The minimum Gasteiger partial charge on any atom is -0.346 e. The summed E-state index contributed by atoms with van der Waals surface area (Å²) in [5.41, 5.74) is -1.55. The average molecular weight is 316 g/mol. The van der Waals surface area contributed by atoms with Gasteiger partial charge in [0, 0.05) is 6.20 Å². The highest BCUT2D eigenvalue weighted by molar-refractivity contribution is 6.32. The van der Waals surface area contributed by atoms with E-state index in [2.05, 4.69) is 4.98 Å². The Morgan fingerprint density at radius 1 is 1.55 bits per heavy atom. The molecule has 1 heterocycles. The molecule has 0 saturated carbocycles. The van der Waals surface area contributed by atoms with E-state index in [-0.39, 0.29) is 0 Å². The van der Waals surface area contributed by atoms with Gasteiger partial charge >= 0.3 is 18.0 Å². The topological polar surface area (TPSA) is 85.1 Å². The van der Waals surface area contributed by atoms with Crippen molar-refractivity contribution in [3.8, 4) is 0 Å². The van der Waals surface area contributed by atoms with Crippen LogP contribution >= 0.6 is 11.6 Å². The van der Waals surface area contributed by atoms with Crippen LogP contribution in [0.1, 0.15) is 10.4 Å². The van der Waals surface area contributed by atoms with E-state index in [9.17, 15) is 32.5 Å². The maximum absolute atomic E-state index is 12.6. The molecule has 0 bridgehead atoms. The molecular formula is C9H6ClF4N3O3. The van der Waals surface area contributed by atoms with Gasteiger partial charge in [0.05, 0.1) is 11.5 Å². The Morgan fingerprint density at radius 3 is 2.65 bits per heavy atom. The van der Waals surface area contributed by atoms with Gasteiger partial charge < -0.3 is 5.32 Å². The van der Waals surface area contributed by atoms with Gasteiger partial charge in [-0.1, -0.05) is 11.6 Å². The lowest BCUT2D eigenvalue weighted by atomic mass is 10.2. The van der Waals surface area contributed by atoms with E-state index in [1.54, 1.807) is 0 Å². The van der Waals surface area contributed by atoms with E-state index in [1.807, 2.05) is 0 Å². The molecule has 1 amide bonds. The van der Waals surface area contributed by atoms with Crippen LogP contribution in [0.25, 0.3) is 0 Å². The number of carbonyl (C=O) groups excluding carboxylic acids is 1. The molecule has 0 radical (unpaired) electrons. The molecule has 0 saturated heterocycles. The van der Waals surface area contributed by atoms with Crippen LogP contribution in [-0.4, -0.2) is 34.7 Å². The third kappa shape index (κ3) is 3.53. The van der Waals surface area contributed by atoms with Gasteiger partial charge in [-0.25, -0.2) is 13.8 Å². The molecule has 0 aromatic carbocycles. The maximum Gasteiger partial charge on any atom is 0.324 e. The highest BCUT2D eigenvalue weighted by atomic mass is 35.5. The van der Waals surface area contributed by atoms with Gasteiger partial charge in [-0.15, -0.1) is 0 Å². The number of carbonyl (C=O) groups is 1. The Morgan fingerprint density at radius 2 is 2.15 bits per heavy atom. The van der Waals surface area contributed by atoms with Gasteiger partial charge in [0.2, 0.25) is 5.15 Å². The van der Waals surface area contributed by atoms with Crippen molar-refractivity contribution in [3.05, 3.63) is 33.1 Å². The third-order valence-corrected chi connectivity index (χ3v) is 2.39. The molecule has 1 aromatic rings. The summed E-state index contributed by atoms with van der Waals surface area (Å²) in [5, 5.41) is 11.6. The summed E-state index contributed by atoms with van der Waals surface area (Å²) >= 11 is 5.41. The Labute approximate surface area is 113 Å². The largest absolute Gasteiger partial charge is 0.346 e. The van der Waals surface area contributed by atoms with Gasteiger partial charge in [0.15, 0.2) is 0 Å².